The molecule has 4 aliphatic heterocycles. The lowest BCUT2D eigenvalue weighted by Crippen LogP contribution is -2.54. The van der Waals surface area contributed by atoms with Gasteiger partial charge in [-0.3, -0.25) is 34.3 Å². The van der Waals surface area contributed by atoms with Crippen LogP contribution in [0.5, 0.6) is 0 Å². The van der Waals surface area contributed by atoms with Crippen LogP contribution < -0.4 is 10.6 Å². The van der Waals surface area contributed by atoms with Gasteiger partial charge in [0.05, 0.1) is 11.1 Å². The molecule has 176 valence electrons. The minimum atomic E-state index is -0.931. The lowest BCUT2D eigenvalue weighted by Gasteiger charge is -2.46. The Labute approximate surface area is 194 Å². The number of carbonyl (C=O) groups is 4. The first-order valence-electron chi connectivity index (χ1n) is 12.3. The van der Waals surface area contributed by atoms with Gasteiger partial charge in [-0.25, -0.2) is 0 Å². The molecule has 1 unspecified atom stereocenters. The number of nitrogens with zero attached hydrogens (tertiary/aromatic N) is 2. The molecular formula is C25H32N4O4. The van der Waals surface area contributed by atoms with Crippen molar-refractivity contribution in [2.45, 2.75) is 76.5 Å². The first-order valence-corrected chi connectivity index (χ1v) is 12.3. The van der Waals surface area contributed by atoms with E-state index in [-0.39, 0.29) is 18.7 Å². The number of carbonyl (C=O) groups excluding carboxylic acids is 4. The van der Waals surface area contributed by atoms with Gasteiger partial charge in [0.15, 0.2) is 0 Å². The van der Waals surface area contributed by atoms with Crippen molar-refractivity contribution in [2.75, 3.05) is 13.1 Å². The second kappa shape index (κ2) is 8.99. The first kappa shape index (κ1) is 22.2. The van der Waals surface area contributed by atoms with Crippen LogP contribution in [0.25, 0.3) is 0 Å². The number of amides is 4. The molecule has 0 aromatic heterocycles. The van der Waals surface area contributed by atoms with Gasteiger partial charge in [0.1, 0.15) is 6.04 Å². The van der Waals surface area contributed by atoms with E-state index in [9.17, 15) is 19.2 Å². The molecule has 8 nitrogen and oxygen atoms in total. The highest BCUT2D eigenvalue weighted by atomic mass is 16.2. The van der Waals surface area contributed by atoms with Crippen molar-refractivity contribution in [3.63, 3.8) is 0 Å². The maximum atomic E-state index is 13.5. The Morgan fingerprint density at radius 1 is 0.970 bits per heavy atom. The molecule has 0 bridgehead atoms. The highest BCUT2D eigenvalue weighted by Crippen LogP contribution is 2.36. The Kier molecular flexibility index (Phi) is 6.05. The third kappa shape index (κ3) is 3.99. The molecule has 33 heavy (non-hydrogen) atoms. The maximum Gasteiger partial charge on any atom is 0.262 e. The summed E-state index contributed by atoms with van der Waals surface area (Å²) in [5, 5.41) is 5.72. The standard InChI is InChI=1S/C25H32N4O4/c1-15-4-2-7-19(16-10-12-26-13-11-16)28(15)14-17-5-3-6-18-22(17)25(33)29(24(18)32)20-8-9-21(30)27-23(20)31/h3,5-6,15-16,19-20,26H,2,4,7-14H2,1H3,(H,27,30,31)/t15-,19-,20?/m1/s1. The molecule has 0 aliphatic carbocycles. The summed E-state index contributed by atoms with van der Waals surface area (Å²) in [5.74, 6) is -1.14. The zero-order valence-electron chi connectivity index (χ0n) is 19.1. The summed E-state index contributed by atoms with van der Waals surface area (Å²) in [7, 11) is 0. The van der Waals surface area contributed by atoms with Crippen LogP contribution in [0.4, 0.5) is 0 Å². The van der Waals surface area contributed by atoms with Crippen LogP contribution in [0, 0.1) is 5.92 Å². The number of likely N-dealkylation sites (tertiary alicyclic amines) is 1. The van der Waals surface area contributed by atoms with E-state index in [1.54, 1.807) is 6.07 Å². The molecule has 1 aromatic rings. The van der Waals surface area contributed by atoms with Crippen molar-refractivity contribution in [1.82, 2.24) is 20.4 Å². The van der Waals surface area contributed by atoms with Crippen LogP contribution in [0.3, 0.4) is 0 Å². The number of hydrogen-bond acceptors (Lipinski definition) is 6. The van der Waals surface area contributed by atoms with E-state index in [2.05, 4.69) is 22.5 Å². The number of hydrogen-bond donors (Lipinski definition) is 2. The molecule has 1 aromatic carbocycles. The van der Waals surface area contributed by atoms with Crippen LogP contribution in [-0.4, -0.2) is 64.6 Å². The minimum absolute atomic E-state index is 0.125. The van der Waals surface area contributed by atoms with E-state index in [1.807, 2.05) is 12.1 Å². The summed E-state index contributed by atoms with van der Waals surface area (Å²) >= 11 is 0. The first-order chi connectivity index (χ1) is 16.0. The van der Waals surface area contributed by atoms with E-state index in [4.69, 9.17) is 0 Å². The fourth-order valence-electron chi connectivity index (χ4n) is 6.20. The molecule has 0 radical (unpaired) electrons. The summed E-state index contributed by atoms with van der Waals surface area (Å²) in [4.78, 5) is 54.2. The highest BCUT2D eigenvalue weighted by molar-refractivity contribution is 6.24. The molecule has 2 N–H and O–H groups in total. The van der Waals surface area contributed by atoms with Gasteiger partial charge in [-0.15, -0.1) is 0 Å². The monoisotopic (exact) mass is 452 g/mol. The average Bonchev–Trinajstić information content (AvgIpc) is 3.07. The largest absolute Gasteiger partial charge is 0.317 e. The quantitative estimate of drug-likeness (QED) is 0.677. The highest BCUT2D eigenvalue weighted by Gasteiger charge is 2.46. The van der Waals surface area contributed by atoms with E-state index >= 15 is 0 Å². The number of piperidine rings is 3. The maximum absolute atomic E-state index is 13.5. The molecule has 4 amide bonds. The van der Waals surface area contributed by atoms with Gasteiger partial charge >= 0.3 is 0 Å². The van der Waals surface area contributed by atoms with Gasteiger partial charge < -0.3 is 5.32 Å². The van der Waals surface area contributed by atoms with Crippen molar-refractivity contribution in [2.24, 2.45) is 5.92 Å². The third-order valence-corrected chi connectivity index (χ3v) is 7.95. The Balaban J connectivity index is 1.43. The second-order valence-electron chi connectivity index (χ2n) is 9.89. The number of nitrogens with one attached hydrogen (secondary N) is 2. The normalized spacial score (nSPS) is 29.4. The van der Waals surface area contributed by atoms with E-state index in [0.29, 0.717) is 35.7 Å². The van der Waals surface area contributed by atoms with Gasteiger partial charge in [0, 0.05) is 25.0 Å². The Morgan fingerprint density at radius 2 is 1.76 bits per heavy atom. The minimum Gasteiger partial charge on any atom is -0.317 e. The smallest absolute Gasteiger partial charge is 0.262 e. The summed E-state index contributed by atoms with van der Waals surface area (Å²) in [6, 6.07) is 5.41. The van der Waals surface area contributed by atoms with Crippen LogP contribution >= 0.6 is 0 Å². The zero-order valence-corrected chi connectivity index (χ0v) is 19.1. The van der Waals surface area contributed by atoms with Gasteiger partial charge in [-0.2, -0.15) is 0 Å². The SMILES string of the molecule is C[C@@H]1CCC[C@H](C2CCNCC2)N1Cc1cccc2c1C(=O)N(C1CCC(=O)NC1=O)C2=O. The second-order valence-corrected chi connectivity index (χ2v) is 9.89. The number of rotatable bonds is 4. The molecule has 0 saturated carbocycles. The van der Waals surface area contributed by atoms with Crippen molar-refractivity contribution in [3.05, 3.63) is 34.9 Å². The van der Waals surface area contributed by atoms with Gasteiger partial charge in [0.2, 0.25) is 11.8 Å². The molecule has 4 heterocycles. The third-order valence-electron chi connectivity index (χ3n) is 7.95. The molecule has 3 atom stereocenters. The van der Waals surface area contributed by atoms with Crippen molar-refractivity contribution >= 4 is 23.6 Å². The van der Waals surface area contributed by atoms with Crippen LogP contribution in [0.15, 0.2) is 18.2 Å². The van der Waals surface area contributed by atoms with Crippen molar-refractivity contribution in [1.29, 1.82) is 0 Å². The topological polar surface area (TPSA) is 98.8 Å². The predicted molar refractivity (Wildman–Crippen MR) is 121 cm³/mol. The Bertz CT molecular complexity index is 987. The lowest BCUT2D eigenvalue weighted by atomic mass is 9.82. The summed E-state index contributed by atoms with van der Waals surface area (Å²) in [5.41, 5.74) is 1.65. The van der Waals surface area contributed by atoms with Gasteiger partial charge in [-0.1, -0.05) is 18.6 Å². The summed E-state index contributed by atoms with van der Waals surface area (Å²) in [6.45, 7) is 5.00. The molecule has 5 rings (SSSR count). The fraction of sp³-hybridized carbons (Fsp3) is 0.600. The fourth-order valence-corrected chi connectivity index (χ4v) is 6.20. The van der Waals surface area contributed by atoms with E-state index < -0.39 is 23.8 Å². The lowest BCUT2D eigenvalue weighted by molar-refractivity contribution is -0.136. The zero-order chi connectivity index (χ0) is 23.1. The molecule has 4 aliphatic rings. The van der Waals surface area contributed by atoms with Crippen LogP contribution in [0.1, 0.15) is 78.1 Å². The number of fused-ring (bicyclic) bond motifs is 1. The summed E-state index contributed by atoms with van der Waals surface area (Å²) in [6.07, 6.45) is 6.15. The average molecular weight is 453 g/mol. The van der Waals surface area contributed by atoms with E-state index in [0.717, 1.165) is 30.0 Å². The summed E-state index contributed by atoms with van der Waals surface area (Å²) < 4.78 is 0. The molecule has 8 heteroatoms. The van der Waals surface area contributed by atoms with E-state index in [1.165, 1.54) is 25.7 Å². The molecule has 3 fully saturated rings. The Hall–Kier alpha value is -2.58. The molecule has 3 saturated heterocycles. The van der Waals surface area contributed by atoms with Crippen LogP contribution in [0.2, 0.25) is 0 Å². The van der Waals surface area contributed by atoms with Crippen LogP contribution in [-0.2, 0) is 16.1 Å². The number of imide groups is 2. The number of benzene rings is 1. The van der Waals surface area contributed by atoms with Crippen molar-refractivity contribution < 1.29 is 19.2 Å². The molecular weight excluding hydrogens is 420 g/mol. The predicted octanol–water partition coefficient (Wildman–Crippen LogP) is 1.83. The van der Waals surface area contributed by atoms with Gasteiger partial charge in [0.25, 0.3) is 11.8 Å². The Morgan fingerprint density at radius 3 is 2.52 bits per heavy atom. The molecule has 0 spiro atoms. The van der Waals surface area contributed by atoms with Crippen molar-refractivity contribution in [3.8, 4) is 0 Å². The van der Waals surface area contributed by atoms with Gasteiger partial charge in [-0.05, 0) is 69.7 Å².